The average molecular weight is 306 g/mol. The number of nitrogens with one attached hydrogen (secondary N) is 2. The monoisotopic (exact) mass is 306 g/mol. The van der Waals surface area contributed by atoms with Crippen molar-refractivity contribution in [3.8, 4) is 5.88 Å². The van der Waals surface area contributed by atoms with E-state index < -0.39 is 0 Å². The number of carbonyl (C=O) groups excluding carboxylic acids is 2. The van der Waals surface area contributed by atoms with Crippen LogP contribution in [0.4, 0.5) is 5.13 Å². The summed E-state index contributed by atoms with van der Waals surface area (Å²) in [5.41, 5.74) is 1.03. The Labute approximate surface area is 125 Å². The second-order valence-corrected chi connectivity index (χ2v) is 4.93. The minimum Gasteiger partial charge on any atom is -0.481 e. The molecular weight excluding hydrogens is 292 g/mol. The number of hydrogen-bond acceptors (Lipinski definition) is 6. The molecule has 0 atom stereocenters. The molecule has 0 bridgehead atoms. The first-order chi connectivity index (χ1) is 10.1. The molecular formula is C13H14N4O3S. The number of pyridine rings is 1. The summed E-state index contributed by atoms with van der Waals surface area (Å²) in [6.07, 6.45) is 1.62. The van der Waals surface area contributed by atoms with E-state index in [0.29, 0.717) is 11.0 Å². The molecule has 0 saturated heterocycles. The summed E-state index contributed by atoms with van der Waals surface area (Å²) < 4.78 is 5.11. The van der Waals surface area contributed by atoms with E-state index in [1.165, 1.54) is 25.4 Å². The highest BCUT2D eigenvalue weighted by Crippen LogP contribution is 2.16. The van der Waals surface area contributed by atoms with E-state index in [0.717, 1.165) is 5.56 Å². The van der Waals surface area contributed by atoms with Crippen LogP contribution in [-0.4, -0.2) is 28.9 Å². The second kappa shape index (κ2) is 6.80. The topological polar surface area (TPSA) is 93.2 Å². The van der Waals surface area contributed by atoms with Gasteiger partial charge < -0.3 is 15.4 Å². The summed E-state index contributed by atoms with van der Waals surface area (Å²) in [6.45, 7) is 1.67. The third-order valence-electron chi connectivity index (χ3n) is 2.50. The van der Waals surface area contributed by atoms with Crippen molar-refractivity contribution in [2.75, 3.05) is 12.4 Å². The van der Waals surface area contributed by atoms with Crippen molar-refractivity contribution in [3.63, 3.8) is 0 Å². The van der Waals surface area contributed by atoms with Crippen LogP contribution in [0.25, 0.3) is 0 Å². The second-order valence-electron chi connectivity index (χ2n) is 4.07. The lowest BCUT2D eigenvalue weighted by Gasteiger charge is -2.07. The molecule has 0 unspecified atom stereocenters. The summed E-state index contributed by atoms with van der Waals surface area (Å²) in [5.74, 6) is -0.0832. The number of methoxy groups -OCH3 is 1. The van der Waals surface area contributed by atoms with Crippen molar-refractivity contribution in [1.82, 2.24) is 15.3 Å². The summed E-state index contributed by atoms with van der Waals surface area (Å²) in [5, 5.41) is 7.24. The molecule has 0 aliphatic carbocycles. The number of carbonyl (C=O) groups is 2. The fourth-order valence-corrected chi connectivity index (χ4v) is 2.33. The molecule has 110 valence electrons. The molecule has 0 aromatic carbocycles. The van der Waals surface area contributed by atoms with Crippen molar-refractivity contribution in [2.45, 2.75) is 13.5 Å². The van der Waals surface area contributed by atoms with Gasteiger partial charge in [-0.2, -0.15) is 0 Å². The highest BCUT2D eigenvalue weighted by atomic mass is 32.1. The third kappa shape index (κ3) is 3.99. The number of hydrogen-bond donors (Lipinski definition) is 2. The number of ether oxygens (including phenoxy) is 1. The first kappa shape index (κ1) is 14.9. The van der Waals surface area contributed by atoms with Gasteiger partial charge in [0.15, 0.2) is 5.13 Å². The molecule has 0 aliphatic heterocycles. The minimum absolute atomic E-state index is 0.226. The molecule has 21 heavy (non-hydrogen) atoms. The van der Waals surface area contributed by atoms with Gasteiger partial charge in [-0.3, -0.25) is 9.59 Å². The SMILES string of the molecule is COc1ncccc1CNC(=O)c1csc(NC(C)=O)n1. The van der Waals surface area contributed by atoms with Crippen LogP contribution in [0.5, 0.6) is 5.88 Å². The molecule has 2 rings (SSSR count). The summed E-state index contributed by atoms with van der Waals surface area (Å²) >= 11 is 1.19. The molecule has 2 amide bonds. The summed E-state index contributed by atoms with van der Waals surface area (Å²) in [6, 6.07) is 3.58. The van der Waals surface area contributed by atoms with Crippen molar-refractivity contribution in [3.05, 3.63) is 35.0 Å². The smallest absolute Gasteiger partial charge is 0.271 e. The number of amides is 2. The van der Waals surface area contributed by atoms with E-state index in [4.69, 9.17) is 4.74 Å². The van der Waals surface area contributed by atoms with Crippen LogP contribution in [0.1, 0.15) is 23.0 Å². The highest BCUT2D eigenvalue weighted by Gasteiger charge is 2.12. The van der Waals surface area contributed by atoms with Crippen molar-refractivity contribution in [2.24, 2.45) is 0 Å². The van der Waals surface area contributed by atoms with Crippen LogP contribution in [0.3, 0.4) is 0 Å². The van der Waals surface area contributed by atoms with Crippen LogP contribution in [0.2, 0.25) is 0 Å². The number of anilines is 1. The maximum Gasteiger partial charge on any atom is 0.271 e. The number of nitrogens with zero attached hydrogens (tertiary/aromatic N) is 2. The molecule has 0 fully saturated rings. The Balaban J connectivity index is 1.98. The first-order valence-corrected chi connectivity index (χ1v) is 6.97. The van der Waals surface area contributed by atoms with Gasteiger partial charge in [0.05, 0.1) is 7.11 Å². The molecule has 2 N–H and O–H groups in total. The van der Waals surface area contributed by atoms with Gasteiger partial charge in [0, 0.05) is 30.6 Å². The van der Waals surface area contributed by atoms with Gasteiger partial charge in [0.25, 0.3) is 5.91 Å². The van der Waals surface area contributed by atoms with E-state index in [1.54, 1.807) is 17.6 Å². The normalized spacial score (nSPS) is 10.0. The van der Waals surface area contributed by atoms with Gasteiger partial charge in [-0.15, -0.1) is 11.3 Å². The van der Waals surface area contributed by atoms with Crippen LogP contribution in [0, 0.1) is 0 Å². The summed E-state index contributed by atoms with van der Waals surface area (Å²) in [4.78, 5) is 31.0. The fourth-order valence-electron chi connectivity index (χ4n) is 1.59. The molecule has 2 aromatic rings. The Morgan fingerprint density at radius 1 is 1.43 bits per heavy atom. The van der Waals surface area contributed by atoms with Gasteiger partial charge in [-0.25, -0.2) is 9.97 Å². The Kier molecular flexibility index (Phi) is 4.83. The molecule has 2 heterocycles. The molecule has 0 spiro atoms. The molecule has 0 aliphatic rings. The van der Waals surface area contributed by atoms with Gasteiger partial charge in [-0.1, -0.05) is 6.07 Å². The Morgan fingerprint density at radius 2 is 2.24 bits per heavy atom. The van der Waals surface area contributed by atoms with Crippen LogP contribution in [0.15, 0.2) is 23.7 Å². The van der Waals surface area contributed by atoms with E-state index in [9.17, 15) is 9.59 Å². The number of aromatic nitrogens is 2. The third-order valence-corrected chi connectivity index (χ3v) is 3.26. The van der Waals surface area contributed by atoms with Crippen molar-refractivity contribution >= 4 is 28.3 Å². The van der Waals surface area contributed by atoms with Gasteiger partial charge in [0.1, 0.15) is 5.69 Å². The van der Waals surface area contributed by atoms with E-state index in [-0.39, 0.29) is 24.1 Å². The van der Waals surface area contributed by atoms with Crippen LogP contribution in [-0.2, 0) is 11.3 Å². The first-order valence-electron chi connectivity index (χ1n) is 6.09. The number of thiazole rings is 1. The van der Waals surface area contributed by atoms with Crippen molar-refractivity contribution in [1.29, 1.82) is 0 Å². The van der Waals surface area contributed by atoms with E-state index >= 15 is 0 Å². The van der Waals surface area contributed by atoms with E-state index in [1.807, 2.05) is 6.07 Å². The quantitative estimate of drug-likeness (QED) is 0.871. The molecule has 0 radical (unpaired) electrons. The summed E-state index contributed by atoms with van der Waals surface area (Å²) in [7, 11) is 1.52. The van der Waals surface area contributed by atoms with Gasteiger partial charge in [0.2, 0.25) is 11.8 Å². The van der Waals surface area contributed by atoms with Gasteiger partial charge >= 0.3 is 0 Å². The Morgan fingerprint density at radius 3 is 2.95 bits per heavy atom. The standard InChI is InChI=1S/C13H14N4O3S/c1-8(18)16-13-17-10(7-21-13)11(19)15-6-9-4-3-5-14-12(9)20-2/h3-5,7H,6H2,1-2H3,(H,15,19)(H,16,17,18). The maximum absolute atomic E-state index is 12.0. The molecule has 0 saturated carbocycles. The molecule has 7 nitrogen and oxygen atoms in total. The fraction of sp³-hybridized carbons (Fsp3) is 0.231. The Hall–Kier alpha value is -2.48. The lowest BCUT2D eigenvalue weighted by molar-refractivity contribution is -0.114. The lowest BCUT2D eigenvalue weighted by Crippen LogP contribution is -2.23. The largest absolute Gasteiger partial charge is 0.481 e. The number of rotatable bonds is 5. The van der Waals surface area contributed by atoms with Crippen LogP contribution >= 0.6 is 11.3 Å². The minimum atomic E-state index is -0.325. The van der Waals surface area contributed by atoms with Crippen LogP contribution < -0.4 is 15.4 Å². The zero-order valence-electron chi connectivity index (χ0n) is 11.5. The zero-order valence-corrected chi connectivity index (χ0v) is 12.4. The predicted molar refractivity (Wildman–Crippen MR) is 78.4 cm³/mol. The van der Waals surface area contributed by atoms with Crippen molar-refractivity contribution < 1.29 is 14.3 Å². The average Bonchev–Trinajstić information content (AvgIpc) is 2.92. The Bertz CT molecular complexity index is 656. The zero-order chi connectivity index (χ0) is 15.2. The highest BCUT2D eigenvalue weighted by molar-refractivity contribution is 7.14. The maximum atomic E-state index is 12.0. The molecule has 8 heteroatoms. The van der Waals surface area contributed by atoms with Gasteiger partial charge in [-0.05, 0) is 6.07 Å². The van der Waals surface area contributed by atoms with E-state index in [2.05, 4.69) is 20.6 Å². The predicted octanol–water partition coefficient (Wildman–Crippen LogP) is 1.44. The lowest BCUT2D eigenvalue weighted by atomic mass is 10.2. The molecule has 2 aromatic heterocycles.